The lowest BCUT2D eigenvalue weighted by atomic mass is 10.1. The molecular weight excluding hydrogens is 201 g/mol. The van der Waals surface area contributed by atoms with E-state index in [4.69, 9.17) is 0 Å². The molecule has 0 fully saturated rings. The molecule has 2 heteroatoms. The molecule has 1 rings (SSSR count). The summed E-state index contributed by atoms with van der Waals surface area (Å²) in [6, 6.07) is 4.46. The normalized spacial score (nSPS) is 12.4. The predicted octanol–water partition coefficient (Wildman–Crippen LogP) is 4.17. The van der Waals surface area contributed by atoms with E-state index in [9.17, 15) is 0 Å². The van der Waals surface area contributed by atoms with Gasteiger partial charge in [-0.3, -0.25) is 4.74 Å². The number of rotatable bonds is 1. The third-order valence-corrected chi connectivity index (χ3v) is 3.69. The Labute approximate surface area is 94.8 Å². The smallest absolute Gasteiger partial charge is 0.0571 e. The van der Waals surface area contributed by atoms with Gasteiger partial charge in [0.05, 0.1) is 5.54 Å². The van der Waals surface area contributed by atoms with Crippen molar-refractivity contribution in [3.63, 3.8) is 0 Å². The first kappa shape index (κ1) is 12.4. The first-order valence-corrected chi connectivity index (χ1v) is 6.15. The van der Waals surface area contributed by atoms with E-state index in [0.29, 0.717) is 0 Å². The fraction of sp³-hybridized carbons (Fsp3) is 0.538. The van der Waals surface area contributed by atoms with Crippen LogP contribution in [0.4, 0.5) is 0 Å². The molecule has 0 amide bonds. The highest BCUT2D eigenvalue weighted by atomic mass is 31.1. The molecule has 0 saturated carbocycles. The zero-order valence-corrected chi connectivity index (χ0v) is 11.4. The minimum atomic E-state index is 0.0469. The second-order valence-electron chi connectivity index (χ2n) is 5.12. The third kappa shape index (κ3) is 3.76. The molecule has 0 saturated heterocycles. The van der Waals surface area contributed by atoms with Gasteiger partial charge >= 0.3 is 0 Å². The standard InChI is InChI=1S/C13H20NP/c1-9-7-10(2)12(11(3)8-9)15-14-13(4,5)6/h7-8H,1-6H3. The molecule has 0 spiro atoms. The van der Waals surface area contributed by atoms with Crippen molar-refractivity contribution in [3.05, 3.63) is 28.8 Å². The van der Waals surface area contributed by atoms with Crippen molar-refractivity contribution < 1.29 is 0 Å². The maximum absolute atomic E-state index is 4.65. The van der Waals surface area contributed by atoms with Crippen molar-refractivity contribution in [1.82, 2.24) is 0 Å². The lowest BCUT2D eigenvalue weighted by molar-refractivity contribution is 0.593. The number of aryl methyl sites for hydroxylation is 3. The Morgan fingerprint density at radius 1 is 1.00 bits per heavy atom. The highest BCUT2D eigenvalue weighted by Gasteiger charge is 2.07. The molecule has 0 aliphatic carbocycles. The van der Waals surface area contributed by atoms with Gasteiger partial charge in [-0.15, -0.1) is 0 Å². The summed E-state index contributed by atoms with van der Waals surface area (Å²) >= 11 is 0. The molecule has 15 heavy (non-hydrogen) atoms. The van der Waals surface area contributed by atoms with Crippen LogP contribution in [0.1, 0.15) is 37.5 Å². The fourth-order valence-corrected chi connectivity index (χ4v) is 2.37. The molecule has 0 bridgehead atoms. The molecule has 0 radical (unpaired) electrons. The Kier molecular flexibility index (Phi) is 3.67. The van der Waals surface area contributed by atoms with Crippen molar-refractivity contribution >= 4 is 13.7 Å². The fourth-order valence-electron chi connectivity index (χ4n) is 1.53. The van der Waals surface area contributed by atoms with Gasteiger partial charge in [-0.25, -0.2) is 0 Å². The monoisotopic (exact) mass is 221 g/mol. The van der Waals surface area contributed by atoms with Crippen molar-refractivity contribution in [2.24, 2.45) is 4.74 Å². The van der Waals surface area contributed by atoms with E-state index in [2.05, 4.69) is 58.4 Å². The average molecular weight is 221 g/mol. The van der Waals surface area contributed by atoms with Crippen LogP contribution in [0.3, 0.4) is 0 Å². The average Bonchev–Trinajstić information content (AvgIpc) is 1.99. The van der Waals surface area contributed by atoms with Crippen LogP contribution in [0.25, 0.3) is 0 Å². The molecule has 0 aliphatic heterocycles. The summed E-state index contributed by atoms with van der Waals surface area (Å²) < 4.78 is 4.65. The summed E-state index contributed by atoms with van der Waals surface area (Å²) in [6.07, 6.45) is 0. The molecule has 0 unspecified atom stereocenters. The van der Waals surface area contributed by atoms with Crippen LogP contribution in [0.15, 0.2) is 16.9 Å². The molecule has 82 valence electrons. The maximum atomic E-state index is 4.65. The summed E-state index contributed by atoms with van der Waals surface area (Å²) in [6.45, 7) is 12.9. The van der Waals surface area contributed by atoms with Crippen LogP contribution in [-0.4, -0.2) is 5.54 Å². The second kappa shape index (κ2) is 4.45. The van der Waals surface area contributed by atoms with Crippen LogP contribution in [0.2, 0.25) is 0 Å². The summed E-state index contributed by atoms with van der Waals surface area (Å²) in [4.78, 5) is 0. The van der Waals surface area contributed by atoms with Crippen LogP contribution in [0, 0.1) is 20.8 Å². The van der Waals surface area contributed by atoms with Gasteiger partial charge in [0, 0.05) is 13.7 Å². The van der Waals surface area contributed by atoms with Crippen LogP contribution >= 0.6 is 8.37 Å². The second-order valence-corrected chi connectivity index (χ2v) is 5.97. The van der Waals surface area contributed by atoms with E-state index >= 15 is 0 Å². The van der Waals surface area contributed by atoms with Gasteiger partial charge in [-0.2, -0.15) is 0 Å². The Morgan fingerprint density at radius 3 is 1.87 bits per heavy atom. The highest BCUT2D eigenvalue weighted by molar-refractivity contribution is 7.37. The third-order valence-electron chi connectivity index (χ3n) is 2.09. The molecular formula is C13H20NP. The van der Waals surface area contributed by atoms with Gasteiger partial charge < -0.3 is 0 Å². The van der Waals surface area contributed by atoms with Gasteiger partial charge in [0.2, 0.25) is 0 Å². The van der Waals surface area contributed by atoms with E-state index < -0.39 is 0 Å². The summed E-state index contributed by atoms with van der Waals surface area (Å²) in [5, 5.41) is 1.36. The highest BCUT2D eigenvalue weighted by Crippen LogP contribution is 2.18. The Morgan fingerprint density at radius 2 is 1.47 bits per heavy atom. The SMILES string of the molecule is Cc1cc(C)c(P=NC(C)(C)C)c(C)c1. The topological polar surface area (TPSA) is 12.4 Å². The van der Waals surface area contributed by atoms with E-state index in [1.54, 1.807) is 0 Å². The van der Waals surface area contributed by atoms with Gasteiger partial charge in [0.1, 0.15) is 0 Å². The van der Waals surface area contributed by atoms with Crippen LogP contribution in [-0.2, 0) is 0 Å². The van der Waals surface area contributed by atoms with Crippen molar-refractivity contribution in [3.8, 4) is 0 Å². The molecule has 1 nitrogen and oxygen atoms in total. The van der Waals surface area contributed by atoms with Gasteiger partial charge in [-0.05, 0) is 52.7 Å². The quantitative estimate of drug-likeness (QED) is 0.631. The number of hydrogen-bond donors (Lipinski definition) is 0. The minimum absolute atomic E-state index is 0.0469. The maximum Gasteiger partial charge on any atom is 0.0571 e. The summed E-state index contributed by atoms with van der Waals surface area (Å²) in [7, 11) is 1.09. The number of hydrogen-bond acceptors (Lipinski definition) is 1. The van der Waals surface area contributed by atoms with Crippen molar-refractivity contribution in [2.75, 3.05) is 0 Å². The molecule has 1 aromatic carbocycles. The molecule has 0 N–H and O–H groups in total. The van der Waals surface area contributed by atoms with Gasteiger partial charge in [-0.1, -0.05) is 17.7 Å². The first-order chi connectivity index (χ1) is 6.79. The predicted molar refractivity (Wildman–Crippen MR) is 69.4 cm³/mol. The molecule has 0 aromatic heterocycles. The Hall–Kier alpha value is -0.680. The van der Waals surface area contributed by atoms with Crippen molar-refractivity contribution in [1.29, 1.82) is 0 Å². The zero-order chi connectivity index (χ0) is 11.6. The Bertz CT molecular complexity index is 363. The van der Waals surface area contributed by atoms with Crippen molar-refractivity contribution in [2.45, 2.75) is 47.1 Å². The van der Waals surface area contributed by atoms with E-state index in [0.717, 1.165) is 8.37 Å². The van der Waals surface area contributed by atoms with E-state index in [1.807, 2.05) is 0 Å². The molecule has 0 heterocycles. The van der Waals surface area contributed by atoms with Gasteiger partial charge in [0.15, 0.2) is 0 Å². The lowest BCUT2D eigenvalue weighted by Crippen LogP contribution is -2.09. The minimum Gasteiger partial charge on any atom is -0.258 e. The van der Waals surface area contributed by atoms with E-state index in [1.165, 1.54) is 22.0 Å². The number of benzene rings is 1. The molecule has 0 atom stereocenters. The first-order valence-electron chi connectivity index (χ1n) is 5.30. The summed E-state index contributed by atoms with van der Waals surface area (Å²) in [5.74, 6) is 0. The van der Waals surface area contributed by atoms with Crippen LogP contribution < -0.4 is 5.30 Å². The largest absolute Gasteiger partial charge is 0.258 e. The van der Waals surface area contributed by atoms with E-state index in [-0.39, 0.29) is 5.54 Å². The number of nitrogens with zero attached hydrogens (tertiary/aromatic N) is 1. The summed E-state index contributed by atoms with van der Waals surface area (Å²) in [5.41, 5.74) is 4.08. The lowest BCUT2D eigenvalue weighted by Gasteiger charge is -2.12. The molecule has 0 aliphatic rings. The van der Waals surface area contributed by atoms with Crippen LogP contribution in [0.5, 0.6) is 0 Å². The Balaban J connectivity index is 3.11. The molecule has 1 aromatic rings. The zero-order valence-electron chi connectivity index (χ0n) is 10.5. The van der Waals surface area contributed by atoms with Gasteiger partial charge in [0.25, 0.3) is 0 Å².